The van der Waals surface area contributed by atoms with Crippen LogP contribution in [0.3, 0.4) is 0 Å². The summed E-state index contributed by atoms with van der Waals surface area (Å²) in [5, 5.41) is 3.09. The van der Waals surface area contributed by atoms with E-state index in [0.717, 1.165) is 6.54 Å². The van der Waals surface area contributed by atoms with Gasteiger partial charge in [-0.1, -0.05) is 6.92 Å². The van der Waals surface area contributed by atoms with E-state index >= 15 is 0 Å². The van der Waals surface area contributed by atoms with E-state index in [9.17, 15) is 8.42 Å². The quantitative estimate of drug-likeness (QED) is 0.703. The predicted molar refractivity (Wildman–Crippen MR) is 73.6 cm³/mol. The highest BCUT2D eigenvalue weighted by atomic mass is 32.2. The second-order valence-electron chi connectivity index (χ2n) is 3.86. The lowest BCUT2D eigenvalue weighted by atomic mass is 10.3. The molecule has 0 saturated carbocycles. The average Bonchev–Trinajstić information content (AvgIpc) is 2.35. The Morgan fingerprint density at radius 1 is 1.22 bits per heavy atom. The first kappa shape index (κ1) is 14.8. The monoisotopic (exact) mass is 272 g/mol. The number of nitrogens with one attached hydrogen (secondary N) is 2. The van der Waals surface area contributed by atoms with Crippen molar-refractivity contribution >= 4 is 15.7 Å². The highest BCUT2D eigenvalue weighted by molar-refractivity contribution is 7.92. The van der Waals surface area contributed by atoms with Crippen molar-refractivity contribution < 1.29 is 13.2 Å². The largest absolute Gasteiger partial charge is 0.497 e. The van der Waals surface area contributed by atoms with Crippen molar-refractivity contribution in [1.29, 1.82) is 0 Å². The van der Waals surface area contributed by atoms with Gasteiger partial charge in [-0.15, -0.1) is 0 Å². The van der Waals surface area contributed by atoms with Gasteiger partial charge in [-0.25, -0.2) is 8.42 Å². The van der Waals surface area contributed by atoms with Crippen LogP contribution >= 0.6 is 0 Å². The van der Waals surface area contributed by atoms with E-state index in [-0.39, 0.29) is 5.75 Å². The van der Waals surface area contributed by atoms with Crippen molar-refractivity contribution in [3.05, 3.63) is 24.3 Å². The molecule has 0 aliphatic carbocycles. The lowest BCUT2D eigenvalue weighted by Gasteiger charge is -2.08. The molecule has 0 unspecified atom stereocenters. The van der Waals surface area contributed by atoms with Crippen LogP contribution in [0.15, 0.2) is 24.3 Å². The summed E-state index contributed by atoms with van der Waals surface area (Å²) in [7, 11) is -1.70. The van der Waals surface area contributed by atoms with Gasteiger partial charge in [0.1, 0.15) is 5.75 Å². The third kappa shape index (κ3) is 5.37. The summed E-state index contributed by atoms with van der Waals surface area (Å²) in [5.41, 5.74) is 0.555. The number of methoxy groups -OCH3 is 1. The van der Waals surface area contributed by atoms with Gasteiger partial charge in [-0.05, 0) is 43.8 Å². The Morgan fingerprint density at radius 3 is 2.44 bits per heavy atom. The van der Waals surface area contributed by atoms with Crippen LogP contribution in [-0.2, 0) is 10.0 Å². The SMILES string of the molecule is CCNCCCS(=O)(=O)Nc1ccc(OC)cc1. The van der Waals surface area contributed by atoms with E-state index < -0.39 is 10.0 Å². The van der Waals surface area contributed by atoms with E-state index in [1.165, 1.54) is 0 Å². The molecule has 0 spiro atoms. The summed E-state index contributed by atoms with van der Waals surface area (Å²) < 4.78 is 31.0. The van der Waals surface area contributed by atoms with Gasteiger partial charge in [0.05, 0.1) is 12.9 Å². The molecule has 2 N–H and O–H groups in total. The smallest absolute Gasteiger partial charge is 0.232 e. The number of ether oxygens (including phenoxy) is 1. The molecule has 1 aromatic rings. The highest BCUT2D eigenvalue weighted by Gasteiger charge is 2.09. The zero-order valence-corrected chi connectivity index (χ0v) is 11.6. The molecule has 18 heavy (non-hydrogen) atoms. The summed E-state index contributed by atoms with van der Waals surface area (Å²) in [6, 6.07) is 6.80. The molecule has 6 heteroatoms. The zero-order valence-electron chi connectivity index (χ0n) is 10.8. The van der Waals surface area contributed by atoms with Crippen molar-refractivity contribution in [3.8, 4) is 5.75 Å². The minimum Gasteiger partial charge on any atom is -0.497 e. The Kier molecular flexibility index (Phi) is 5.94. The molecule has 0 atom stereocenters. The van der Waals surface area contributed by atoms with Crippen LogP contribution in [0.2, 0.25) is 0 Å². The van der Waals surface area contributed by atoms with Crippen LogP contribution in [0.4, 0.5) is 5.69 Å². The molecule has 102 valence electrons. The van der Waals surface area contributed by atoms with Crippen LogP contribution in [0, 0.1) is 0 Å². The molecule has 0 aliphatic rings. The van der Waals surface area contributed by atoms with E-state index in [1.54, 1.807) is 31.4 Å². The molecule has 5 nitrogen and oxygen atoms in total. The number of hydrogen-bond acceptors (Lipinski definition) is 4. The average molecular weight is 272 g/mol. The third-order valence-corrected chi connectivity index (χ3v) is 3.75. The molecule has 0 fully saturated rings. The second-order valence-corrected chi connectivity index (χ2v) is 5.70. The van der Waals surface area contributed by atoms with Crippen LogP contribution < -0.4 is 14.8 Å². The van der Waals surface area contributed by atoms with Gasteiger partial charge in [-0.2, -0.15) is 0 Å². The maximum atomic E-state index is 11.7. The number of benzene rings is 1. The Hall–Kier alpha value is -1.27. The number of anilines is 1. The molecule has 1 rings (SSSR count). The van der Waals surface area contributed by atoms with Crippen molar-refractivity contribution in [2.45, 2.75) is 13.3 Å². The van der Waals surface area contributed by atoms with E-state index in [4.69, 9.17) is 4.74 Å². The molecule has 0 saturated heterocycles. The zero-order chi connectivity index (χ0) is 13.4. The van der Waals surface area contributed by atoms with Gasteiger partial charge < -0.3 is 10.1 Å². The van der Waals surface area contributed by atoms with Crippen LogP contribution in [-0.4, -0.2) is 34.4 Å². The molecule has 0 aromatic heterocycles. The fourth-order valence-electron chi connectivity index (χ4n) is 1.45. The van der Waals surface area contributed by atoms with Crippen LogP contribution in [0.1, 0.15) is 13.3 Å². The summed E-state index contributed by atoms with van der Waals surface area (Å²) in [5.74, 6) is 0.816. The number of sulfonamides is 1. The molecule has 0 aliphatic heterocycles. The Balaban J connectivity index is 2.48. The number of hydrogen-bond donors (Lipinski definition) is 2. The first-order valence-corrected chi connectivity index (χ1v) is 7.58. The van der Waals surface area contributed by atoms with E-state index in [2.05, 4.69) is 10.0 Å². The Morgan fingerprint density at radius 2 is 1.89 bits per heavy atom. The van der Waals surface area contributed by atoms with Crippen molar-refractivity contribution in [1.82, 2.24) is 5.32 Å². The second kappa shape index (κ2) is 7.23. The summed E-state index contributed by atoms with van der Waals surface area (Å²) in [6.45, 7) is 3.55. The van der Waals surface area contributed by atoms with E-state index in [0.29, 0.717) is 24.4 Å². The van der Waals surface area contributed by atoms with Crippen molar-refractivity contribution in [3.63, 3.8) is 0 Å². The Labute approximate surface area is 109 Å². The normalized spacial score (nSPS) is 11.2. The molecule has 0 heterocycles. The fraction of sp³-hybridized carbons (Fsp3) is 0.500. The minimum atomic E-state index is -3.27. The van der Waals surface area contributed by atoms with E-state index in [1.807, 2.05) is 6.92 Å². The van der Waals surface area contributed by atoms with Crippen LogP contribution in [0.5, 0.6) is 5.75 Å². The topological polar surface area (TPSA) is 67.4 Å². The summed E-state index contributed by atoms with van der Waals surface area (Å²) in [6.07, 6.45) is 0.597. The van der Waals surface area contributed by atoms with Crippen molar-refractivity contribution in [2.24, 2.45) is 0 Å². The van der Waals surface area contributed by atoms with Gasteiger partial charge >= 0.3 is 0 Å². The van der Waals surface area contributed by atoms with Gasteiger partial charge in [0.25, 0.3) is 0 Å². The lowest BCUT2D eigenvalue weighted by Crippen LogP contribution is -2.21. The van der Waals surface area contributed by atoms with Gasteiger partial charge in [-0.3, -0.25) is 4.72 Å². The Bertz CT molecular complexity index is 443. The highest BCUT2D eigenvalue weighted by Crippen LogP contribution is 2.16. The fourth-order valence-corrected chi connectivity index (χ4v) is 2.58. The maximum absolute atomic E-state index is 11.7. The van der Waals surface area contributed by atoms with Crippen molar-refractivity contribution in [2.75, 3.05) is 30.7 Å². The summed E-state index contributed by atoms with van der Waals surface area (Å²) in [4.78, 5) is 0. The van der Waals surface area contributed by atoms with Gasteiger partial charge in [0.2, 0.25) is 10.0 Å². The predicted octanol–water partition coefficient (Wildman–Crippen LogP) is 1.44. The number of rotatable bonds is 8. The molecule has 0 radical (unpaired) electrons. The molecule has 1 aromatic carbocycles. The maximum Gasteiger partial charge on any atom is 0.232 e. The standard InChI is InChI=1S/C12H20N2O3S/c1-3-13-9-4-10-18(15,16)14-11-5-7-12(17-2)8-6-11/h5-8,13-14H,3-4,9-10H2,1-2H3. The first-order chi connectivity index (χ1) is 8.57. The molecule has 0 amide bonds. The summed E-state index contributed by atoms with van der Waals surface area (Å²) >= 11 is 0. The third-order valence-electron chi connectivity index (χ3n) is 2.38. The van der Waals surface area contributed by atoms with Gasteiger partial charge in [0.15, 0.2) is 0 Å². The van der Waals surface area contributed by atoms with Crippen LogP contribution in [0.25, 0.3) is 0 Å². The van der Waals surface area contributed by atoms with Gasteiger partial charge in [0, 0.05) is 5.69 Å². The molecular formula is C12H20N2O3S. The molecule has 0 bridgehead atoms. The first-order valence-electron chi connectivity index (χ1n) is 5.92. The minimum absolute atomic E-state index is 0.117. The lowest BCUT2D eigenvalue weighted by molar-refractivity contribution is 0.415. The molecular weight excluding hydrogens is 252 g/mol.